The highest BCUT2D eigenvalue weighted by Gasteiger charge is 2.29. The zero-order chi connectivity index (χ0) is 14.2. The van der Waals surface area contributed by atoms with Crippen molar-refractivity contribution in [3.63, 3.8) is 0 Å². The van der Waals surface area contributed by atoms with Gasteiger partial charge < -0.3 is 10.1 Å². The molecule has 1 aromatic carbocycles. The van der Waals surface area contributed by atoms with Crippen LogP contribution in [0, 0.1) is 5.41 Å². The second kappa shape index (κ2) is 5.12. The van der Waals surface area contributed by atoms with E-state index in [4.69, 9.17) is 4.74 Å². The molecule has 1 aliphatic carbocycles. The minimum Gasteiger partial charge on any atom is -0.459 e. The van der Waals surface area contributed by atoms with Gasteiger partial charge in [-0.15, -0.1) is 0 Å². The van der Waals surface area contributed by atoms with Crippen molar-refractivity contribution >= 4 is 11.7 Å². The first-order valence-electron chi connectivity index (χ1n) is 7.61. The lowest BCUT2D eigenvalue weighted by Crippen LogP contribution is -2.28. The van der Waals surface area contributed by atoms with Crippen molar-refractivity contribution < 1.29 is 9.53 Å². The van der Waals surface area contributed by atoms with Gasteiger partial charge in [0.15, 0.2) is 0 Å². The Hall–Kier alpha value is -1.51. The number of benzene rings is 1. The molecule has 0 saturated heterocycles. The van der Waals surface area contributed by atoms with Crippen LogP contribution in [0.4, 0.5) is 5.69 Å². The molecule has 3 nitrogen and oxygen atoms in total. The van der Waals surface area contributed by atoms with Crippen LogP contribution >= 0.6 is 0 Å². The van der Waals surface area contributed by atoms with Crippen LogP contribution in [0.1, 0.15) is 55.5 Å². The topological polar surface area (TPSA) is 38.3 Å². The Morgan fingerprint density at radius 1 is 1.30 bits per heavy atom. The quantitative estimate of drug-likeness (QED) is 0.833. The fraction of sp³-hybridized carbons (Fsp3) is 0.588. The molecule has 1 aromatic rings. The summed E-state index contributed by atoms with van der Waals surface area (Å²) in [6.07, 6.45) is 5.35. The van der Waals surface area contributed by atoms with Crippen molar-refractivity contribution in [1.29, 1.82) is 0 Å². The summed E-state index contributed by atoms with van der Waals surface area (Å²) in [4.78, 5) is 12.2. The van der Waals surface area contributed by atoms with Crippen molar-refractivity contribution in [2.24, 2.45) is 5.41 Å². The van der Waals surface area contributed by atoms with Gasteiger partial charge in [-0.3, -0.25) is 0 Å². The number of anilines is 1. The molecule has 0 unspecified atom stereocenters. The van der Waals surface area contributed by atoms with E-state index in [1.165, 1.54) is 5.56 Å². The summed E-state index contributed by atoms with van der Waals surface area (Å²) in [5.41, 5.74) is 3.48. The molecule has 108 valence electrons. The SMILES string of the molecule is CC1(C)CCC(OC(=O)c2ccc3c(c2)CCN3)CC1. The van der Waals surface area contributed by atoms with E-state index >= 15 is 0 Å². The number of fused-ring (bicyclic) bond motifs is 1. The summed E-state index contributed by atoms with van der Waals surface area (Å²) in [7, 11) is 0. The van der Waals surface area contributed by atoms with Gasteiger partial charge in [0, 0.05) is 12.2 Å². The van der Waals surface area contributed by atoms with Crippen LogP contribution in [0.5, 0.6) is 0 Å². The summed E-state index contributed by atoms with van der Waals surface area (Å²) >= 11 is 0. The Balaban J connectivity index is 1.62. The van der Waals surface area contributed by atoms with Gasteiger partial charge in [0.25, 0.3) is 0 Å². The maximum atomic E-state index is 12.2. The molecule has 3 rings (SSSR count). The van der Waals surface area contributed by atoms with Gasteiger partial charge in [0.1, 0.15) is 6.10 Å². The van der Waals surface area contributed by atoms with E-state index in [9.17, 15) is 4.79 Å². The highest BCUT2D eigenvalue weighted by Crippen LogP contribution is 2.36. The third-order valence-electron chi connectivity index (χ3n) is 4.61. The Labute approximate surface area is 120 Å². The smallest absolute Gasteiger partial charge is 0.338 e. The van der Waals surface area contributed by atoms with Gasteiger partial charge in [-0.1, -0.05) is 13.8 Å². The molecule has 1 aliphatic heterocycles. The van der Waals surface area contributed by atoms with Gasteiger partial charge in [0.2, 0.25) is 0 Å². The molecule has 20 heavy (non-hydrogen) atoms. The van der Waals surface area contributed by atoms with E-state index in [2.05, 4.69) is 19.2 Å². The van der Waals surface area contributed by atoms with Crippen molar-refractivity contribution in [2.75, 3.05) is 11.9 Å². The number of ether oxygens (including phenoxy) is 1. The summed E-state index contributed by atoms with van der Waals surface area (Å²) in [5, 5.41) is 3.30. The maximum Gasteiger partial charge on any atom is 0.338 e. The minimum atomic E-state index is -0.163. The van der Waals surface area contributed by atoms with Crippen LogP contribution in [0.25, 0.3) is 0 Å². The molecular weight excluding hydrogens is 250 g/mol. The lowest BCUT2D eigenvalue weighted by molar-refractivity contribution is 0.00951. The largest absolute Gasteiger partial charge is 0.459 e. The molecule has 2 aliphatic rings. The standard InChI is InChI=1S/C17H23NO2/c1-17(2)8-5-14(6-9-17)20-16(19)13-3-4-15-12(11-13)7-10-18-15/h3-4,11,14,18H,5-10H2,1-2H3. The van der Waals surface area contributed by atoms with Gasteiger partial charge in [0.05, 0.1) is 5.56 Å². The average molecular weight is 273 g/mol. The fourth-order valence-electron chi connectivity index (χ4n) is 3.14. The first kappa shape index (κ1) is 13.5. The van der Waals surface area contributed by atoms with E-state index < -0.39 is 0 Å². The van der Waals surface area contributed by atoms with Crippen molar-refractivity contribution in [2.45, 2.75) is 52.1 Å². The predicted octanol–water partition coefficient (Wildman–Crippen LogP) is 3.78. The van der Waals surface area contributed by atoms with E-state index in [0.29, 0.717) is 11.0 Å². The first-order valence-corrected chi connectivity index (χ1v) is 7.61. The molecule has 0 atom stereocenters. The highest BCUT2D eigenvalue weighted by atomic mass is 16.5. The van der Waals surface area contributed by atoms with Crippen LogP contribution in [-0.4, -0.2) is 18.6 Å². The molecular formula is C17H23NO2. The lowest BCUT2D eigenvalue weighted by atomic mass is 9.76. The minimum absolute atomic E-state index is 0.0990. The predicted molar refractivity (Wildman–Crippen MR) is 80.1 cm³/mol. The maximum absolute atomic E-state index is 12.2. The van der Waals surface area contributed by atoms with E-state index in [-0.39, 0.29) is 12.1 Å². The summed E-state index contributed by atoms with van der Waals surface area (Å²) < 4.78 is 5.67. The molecule has 0 radical (unpaired) electrons. The number of rotatable bonds is 2. The van der Waals surface area contributed by atoms with Crippen molar-refractivity contribution in [3.05, 3.63) is 29.3 Å². The molecule has 1 heterocycles. The Morgan fingerprint density at radius 3 is 2.80 bits per heavy atom. The summed E-state index contributed by atoms with van der Waals surface area (Å²) in [5.74, 6) is -0.163. The monoisotopic (exact) mass is 273 g/mol. The number of hydrogen-bond donors (Lipinski definition) is 1. The molecule has 0 aromatic heterocycles. The van der Waals surface area contributed by atoms with Crippen LogP contribution < -0.4 is 5.32 Å². The number of carbonyl (C=O) groups is 1. The van der Waals surface area contributed by atoms with E-state index in [1.54, 1.807) is 0 Å². The van der Waals surface area contributed by atoms with Crippen LogP contribution in [0.3, 0.4) is 0 Å². The first-order chi connectivity index (χ1) is 9.53. The Bertz CT molecular complexity index is 512. The van der Waals surface area contributed by atoms with Gasteiger partial charge >= 0.3 is 5.97 Å². The third-order valence-corrected chi connectivity index (χ3v) is 4.61. The zero-order valence-electron chi connectivity index (χ0n) is 12.4. The summed E-state index contributed by atoms with van der Waals surface area (Å²) in [6.45, 7) is 5.54. The normalized spacial score (nSPS) is 21.1. The molecule has 3 heteroatoms. The van der Waals surface area contributed by atoms with Crippen molar-refractivity contribution in [1.82, 2.24) is 0 Å². The Kier molecular flexibility index (Phi) is 3.45. The van der Waals surface area contributed by atoms with Crippen LogP contribution in [0.15, 0.2) is 18.2 Å². The molecule has 0 spiro atoms. The average Bonchev–Trinajstić information content (AvgIpc) is 2.88. The van der Waals surface area contributed by atoms with Gasteiger partial charge in [-0.25, -0.2) is 4.79 Å². The number of carbonyl (C=O) groups excluding carboxylic acids is 1. The molecule has 0 amide bonds. The zero-order valence-corrected chi connectivity index (χ0v) is 12.4. The number of hydrogen-bond acceptors (Lipinski definition) is 3. The number of nitrogens with one attached hydrogen (secondary N) is 1. The second-order valence-corrected chi connectivity index (χ2v) is 6.82. The van der Waals surface area contributed by atoms with Gasteiger partial charge in [-0.05, 0) is 61.3 Å². The second-order valence-electron chi connectivity index (χ2n) is 6.82. The highest BCUT2D eigenvalue weighted by molar-refractivity contribution is 5.90. The van der Waals surface area contributed by atoms with E-state index in [0.717, 1.165) is 44.3 Å². The molecule has 1 saturated carbocycles. The van der Waals surface area contributed by atoms with Crippen LogP contribution in [0.2, 0.25) is 0 Å². The van der Waals surface area contributed by atoms with Gasteiger partial charge in [-0.2, -0.15) is 0 Å². The molecule has 1 N–H and O–H groups in total. The lowest BCUT2D eigenvalue weighted by Gasteiger charge is -2.33. The third kappa shape index (κ3) is 2.82. The van der Waals surface area contributed by atoms with Crippen LogP contribution in [-0.2, 0) is 11.2 Å². The number of esters is 1. The molecule has 0 bridgehead atoms. The van der Waals surface area contributed by atoms with E-state index in [1.807, 2.05) is 18.2 Å². The Morgan fingerprint density at radius 2 is 2.05 bits per heavy atom. The fourth-order valence-corrected chi connectivity index (χ4v) is 3.14. The summed E-state index contributed by atoms with van der Waals surface area (Å²) in [6, 6.07) is 5.83. The molecule has 1 fully saturated rings. The van der Waals surface area contributed by atoms with Crippen molar-refractivity contribution in [3.8, 4) is 0 Å².